The zero-order valence-electron chi connectivity index (χ0n) is 19.1. The predicted octanol–water partition coefficient (Wildman–Crippen LogP) is 0.0947. The van der Waals surface area contributed by atoms with E-state index in [1.54, 1.807) is 6.92 Å². The normalized spacial score (nSPS) is 40.9. The summed E-state index contributed by atoms with van der Waals surface area (Å²) in [6.07, 6.45) is -2.75. The molecule has 1 heterocycles. The first-order chi connectivity index (χ1) is 16.3. The molecule has 2 fully saturated rings. The molecule has 0 unspecified atom stereocenters. The molecule has 7 atom stereocenters. The fourth-order valence-corrected chi connectivity index (χ4v) is 5.62. The van der Waals surface area contributed by atoms with Crippen molar-refractivity contribution in [2.45, 2.75) is 74.5 Å². The first-order valence-electron chi connectivity index (χ1n) is 11.4. The molecule has 0 bridgehead atoms. The molecule has 3 aliphatic carbocycles. The van der Waals surface area contributed by atoms with Crippen molar-refractivity contribution in [3.63, 3.8) is 0 Å². The van der Waals surface area contributed by atoms with Crippen LogP contribution < -0.4 is 0 Å². The highest BCUT2D eigenvalue weighted by Gasteiger charge is 2.71. The fraction of sp³-hybridized carbons (Fsp3) is 0.480. The molecular formula is C25H26O10. The van der Waals surface area contributed by atoms with Gasteiger partial charge in [0.15, 0.2) is 23.5 Å². The van der Waals surface area contributed by atoms with Crippen LogP contribution in [0.3, 0.4) is 0 Å². The van der Waals surface area contributed by atoms with Crippen molar-refractivity contribution >= 4 is 17.3 Å². The Hall–Kier alpha value is -2.73. The highest BCUT2D eigenvalue weighted by atomic mass is 16.7. The van der Waals surface area contributed by atoms with Crippen LogP contribution in [-0.4, -0.2) is 84.3 Å². The van der Waals surface area contributed by atoms with Gasteiger partial charge in [-0.15, -0.1) is 0 Å². The Bertz CT molecular complexity index is 1210. The van der Waals surface area contributed by atoms with E-state index in [0.717, 1.165) is 6.08 Å². The van der Waals surface area contributed by atoms with E-state index in [9.17, 15) is 39.9 Å². The second-order valence-electron chi connectivity index (χ2n) is 9.92. The number of phenols is 1. The first kappa shape index (κ1) is 24.0. The molecule has 1 saturated heterocycles. The number of ketones is 3. The number of carbonyl (C=O) groups is 3. The third-order valence-electron chi connectivity index (χ3n) is 7.47. The number of aliphatic hydroxyl groups excluding tert-OH is 2. The van der Waals surface area contributed by atoms with Gasteiger partial charge in [0.25, 0.3) is 0 Å². The Kier molecular flexibility index (Phi) is 5.23. The second-order valence-corrected chi connectivity index (χ2v) is 9.92. The molecule has 186 valence electrons. The van der Waals surface area contributed by atoms with Gasteiger partial charge in [0, 0.05) is 24.0 Å². The Morgan fingerprint density at radius 1 is 1.09 bits per heavy atom. The molecule has 1 aromatic rings. The molecule has 0 radical (unpaired) electrons. The Morgan fingerprint density at radius 3 is 2.49 bits per heavy atom. The van der Waals surface area contributed by atoms with Crippen LogP contribution in [-0.2, 0) is 14.3 Å². The van der Waals surface area contributed by atoms with Gasteiger partial charge in [-0.3, -0.25) is 14.4 Å². The van der Waals surface area contributed by atoms with E-state index in [1.807, 2.05) is 0 Å². The van der Waals surface area contributed by atoms with Crippen molar-refractivity contribution in [2.75, 3.05) is 0 Å². The summed E-state index contributed by atoms with van der Waals surface area (Å²) < 4.78 is 11.8. The summed E-state index contributed by atoms with van der Waals surface area (Å²) >= 11 is 0. The quantitative estimate of drug-likeness (QED) is 0.386. The smallest absolute Gasteiger partial charge is 0.204 e. The van der Waals surface area contributed by atoms with Gasteiger partial charge < -0.3 is 35.0 Å². The topological polar surface area (TPSA) is 171 Å². The van der Waals surface area contributed by atoms with Crippen LogP contribution in [0.2, 0.25) is 0 Å². The van der Waals surface area contributed by atoms with Gasteiger partial charge in [-0.05, 0) is 32.4 Å². The van der Waals surface area contributed by atoms with Crippen molar-refractivity contribution in [3.05, 3.63) is 52.6 Å². The van der Waals surface area contributed by atoms with E-state index in [1.165, 1.54) is 31.2 Å². The van der Waals surface area contributed by atoms with Crippen LogP contribution in [0.15, 0.2) is 41.5 Å². The Morgan fingerprint density at radius 2 is 1.80 bits per heavy atom. The monoisotopic (exact) mass is 486 g/mol. The van der Waals surface area contributed by atoms with Gasteiger partial charge in [0.05, 0.1) is 28.9 Å². The third kappa shape index (κ3) is 3.15. The lowest BCUT2D eigenvalue weighted by atomic mass is 9.56. The molecule has 5 N–H and O–H groups in total. The Balaban J connectivity index is 1.74. The van der Waals surface area contributed by atoms with Crippen molar-refractivity contribution in [1.82, 2.24) is 0 Å². The molecule has 35 heavy (non-hydrogen) atoms. The summed E-state index contributed by atoms with van der Waals surface area (Å²) in [7, 11) is 0. The molecule has 10 nitrogen and oxygen atoms in total. The minimum Gasteiger partial charge on any atom is -0.507 e. The lowest BCUT2D eigenvalue weighted by Gasteiger charge is -2.56. The number of phenolic OH excluding ortho intramolecular Hbond substituents is 1. The molecule has 5 rings (SSSR count). The molecule has 0 aromatic heterocycles. The van der Waals surface area contributed by atoms with Gasteiger partial charge in [-0.2, -0.15) is 0 Å². The number of aromatic hydroxyl groups is 1. The third-order valence-corrected chi connectivity index (χ3v) is 7.47. The summed E-state index contributed by atoms with van der Waals surface area (Å²) in [5.74, 6) is -3.24. The maximum atomic E-state index is 13.8. The zero-order valence-corrected chi connectivity index (χ0v) is 19.1. The average molecular weight is 486 g/mol. The number of ether oxygens (including phenoxy) is 2. The number of benzene rings is 1. The lowest BCUT2D eigenvalue weighted by Crippen LogP contribution is -2.75. The van der Waals surface area contributed by atoms with Crippen molar-refractivity contribution < 1.29 is 49.4 Å². The maximum absolute atomic E-state index is 13.8. The van der Waals surface area contributed by atoms with E-state index in [2.05, 4.69) is 0 Å². The van der Waals surface area contributed by atoms with E-state index in [4.69, 9.17) is 9.47 Å². The van der Waals surface area contributed by atoms with E-state index in [-0.39, 0.29) is 29.5 Å². The van der Waals surface area contributed by atoms with E-state index < -0.39 is 76.5 Å². The molecular weight excluding hydrogens is 460 g/mol. The van der Waals surface area contributed by atoms with Crippen LogP contribution in [0.25, 0.3) is 0 Å². The number of carbonyl (C=O) groups excluding carboxylic acids is 3. The average Bonchev–Trinajstić information content (AvgIpc) is 2.79. The molecule has 10 heteroatoms. The number of allylic oxidation sites excluding steroid dienone is 2. The maximum Gasteiger partial charge on any atom is 0.204 e. The Labute approximate surface area is 200 Å². The molecule has 1 aliphatic heterocycles. The summed E-state index contributed by atoms with van der Waals surface area (Å²) in [5.41, 5.74) is -8.21. The van der Waals surface area contributed by atoms with E-state index in [0.29, 0.717) is 0 Å². The van der Waals surface area contributed by atoms with Gasteiger partial charge in [-0.1, -0.05) is 18.2 Å². The SMILES string of the molecule is C[C@H]1O[C@H](O[C@@]23C(=O)[C@@H](O)[C@](C)(O)C[C@]2(O)C=CC2=C3C(=O)c3cccc(O)c3C2=O)CC[C@H]1O. The molecule has 1 aromatic carbocycles. The molecule has 0 amide bonds. The highest BCUT2D eigenvalue weighted by molar-refractivity contribution is 6.32. The first-order valence-corrected chi connectivity index (χ1v) is 11.4. The fourth-order valence-electron chi connectivity index (χ4n) is 5.62. The number of Topliss-reactive ketones (excluding diaryl/α,β-unsaturated/α-hetero) is 3. The summed E-state index contributed by atoms with van der Waals surface area (Å²) in [6, 6.07) is 3.92. The van der Waals surface area contributed by atoms with Gasteiger partial charge in [0.1, 0.15) is 17.5 Å². The van der Waals surface area contributed by atoms with Crippen molar-refractivity contribution in [1.29, 1.82) is 0 Å². The number of hydrogen-bond donors (Lipinski definition) is 5. The van der Waals surface area contributed by atoms with Crippen LogP contribution >= 0.6 is 0 Å². The summed E-state index contributed by atoms with van der Waals surface area (Å²) in [6.45, 7) is 2.76. The van der Waals surface area contributed by atoms with Gasteiger partial charge in [0.2, 0.25) is 5.78 Å². The van der Waals surface area contributed by atoms with Crippen LogP contribution in [0.4, 0.5) is 0 Å². The number of rotatable bonds is 2. The number of fused-ring (bicyclic) bond motifs is 3. The molecule has 0 spiro atoms. The molecule has 1 saturated carbocycles. The highest BCUT2D eigenvalue weighted by Crippen LogP contribution is 2.54. The lowest BCUT2D eigenvalue weighted by molar-refractivity contribution is -0.289. The van der Waals surface area contributed by atoms with Crippen LogP contribution in [0, 0.1) is 0 Å². The minimum atomic E-state index is -2.60. The predicted molar refractivity (Wildman–Crippen MR) is 118 cm³/mol. The zero-order chi connectivity index (χ0) is 25.5. The van der Waals surface area contributed by atoms with Crippen LogP contribution in [0.5, 0.6) is 5.75 Å². The standard InChI is InChI=1S/C25H26O10/c1-11-14(26)6-7-16(34-11)35-25-18-13(19(28)17-12(20(18)29)4-3-5-15(17)27)8-9-24(25,33)10-23(2,32)21(30)22(25)31/h3-5,8-9,11,14,16,21,26-27,30,32-33H,6-7,10H2,1-2H3/t11-,14-,16-,21-,23-,24-,25+/m1/s1. The van der Waals surface area contributed by atoms with Crippen molar-refractivity contribution in [2.24, 2.45) is 0 Å². The van der Waals surface area contributed by atoms with Gasteiger partial charge in [-0.25, -0.2) is 0 Å². The molecule has 4 aliphatic rings. The van der Waals surface area contributed by atoms with Gasteiger partial charge >= 0.3 is 0 Å². The summed E-state index contributed by atoms with van der Waals surface area (Å²) in [4.78, 5) is 41.0. The number of aliphatic hydroxyl groups is 4. The largest absolute Gasteiger partial charge is 0.507 e. The second kappa shape index (κ2) is 7.63. The summed E-state index contributed by atoms with van der Waals surface area (Å²) in [5, 5.41) is 53.6. The minimum absolute atomic E-state index is 0.0922. The number of hydrogen-bond acceptors (Lipinski definition) is 10. The van der Waals surface area contributed by atoms with Crippen molar-refractivity contribution in [3.8, 4) is 5.75 Å². The van der Waals surface area contributed by atoms with Crippen LogP contribution in [0.1, 0.15) is 53.8 Å². The van der Waals surface area contributed by atoms with E-state index >= 15 is 0 Å².